The van der Waals surface area contributed by atoms with Crippen molar-refractivity contribution in [3.63, 3.8) is 0 Å². The Morgan fingerprint density at radius 1 is 1.27 bits per heavy atom. The molecule has 0 saturated carbocycles. The van der Waals surface area contributed by atoms with Gasteiger partial charge in [0.05, 0.1) is 0 Å². The van der Waals surface area contributed by atoms with Crippen molar-refractivity contribution < 1.29 is 9.59 Å². The van der Waals surface area contributed by atoms with Gasteiger partial charge >= 0.3 is 0 Å². The Labute approximate surface area is 132 Å². The molecule has 0 atom stereocenters. The Hall–Kier alpha value is -1.88. The summed E-state index contributed by atoms with van der Waals surface area (Å²) >= 11 is 0. The number of benzene rings is 1. The maximum absolute atomic E-state index is 12.6. The lowest BCUT2D eigenvalue weighted by Gasteiger charge is -2.32. The zero-order valence-corrected chi connectivity index (χ0v) is 13.4. The third-order valence-electron chi connectivity index (χ3n) is 4.11. The molecule has 1 aromatic rings. The lowest BCUT2D eigenvalue weighted by molar-refractivity contribution is -0.115. The predicted molar refractivity (Wildman–Crippen MR) is 87.9 cm³/mol. The number of nitrogens with one attached hydrogen (secondary N) is 2. The zero-order valence-electron chi connectivity index (χ0n) is 13.4. The molecule has 2 amide bonds. The fraction of sp³-hybridized carbons (Fsp3) is 0.529. The van der Waals surface area contributed by atoms with Gasteiger partial charge in [0.25, 0.3) is 5.91 Å². The smallest absolute Gasteiger partial charge is 0.253 e. The summed E-state index contributed by atoms with van der Waals surface area (Å²) in [4.78, 5) is 25.9. The summed E-state index contributed by atoms with van der Waals surface area (Å²) in [6, 6.07) is 7.19. The van der Waals surface area contributed by atoms with E-state index in [2.05, 4.69) is 10.6 Å². The Balaban J connectivity index is 1.98. The molecule has 1 aliphatic rings. The molecular weight excluding hydrogens is 278 g/mol. The first-order chi connectivity index (χ1) is 10.6. The van der Waals surface area contributed by atoms with Crippen LogP contribution in [0.15, 0.2) is 24.3 Å². The minimum absolute atomic E-state index is 0.0440. The van der Waals surface area contributed by atoms with Crippen LogP contribution >= 0.6 is 0 Å². The van der Waals surface area contributed by atoms with Gasteiger partial charge in [0.1, 0.15) is 0 Å². The average molecular weight is 303 g/mol. The molecular formula is C17H25N3O2. The van der Waals surface area contributed by atoms with Crippen molar-refractivity contribution in [2.45, 2.75) is 26.2 Å². The quantitative estimate of drug-likeness (QED) is 0.876. The van der Waals surface area contributed by atoms with E-state index in [4.69, 9.17) is 0 Å². The third kappa shape index (κ3) is 4.31. The van der Waals surface area contributed by atoms with Crippen LogP contribution in [0.5, 0.6) is 0 Å². The number of hydrogen-bond donors (Lipinski definition) is 2. The molecule has 1 aromatic carbocycles. The average Bonchev–Trinajstić information content (AvgIpc) is 2.55. The normalized spacial score (nSPS) is 15.6. The second-order valence-electron chi connectivity index (χ2n) is 5.78. The van der Waals surface area contributed by atoms with Crippen molar-refractivity contribution in [1.29, 1.82) is 0 Å². The number of rotatable bonds is 5. The molecule has 0 aliphatic carbocycles. The van der Waals surface area contributed by atoms with Crippen LogP contribution in [0.25, 0.3) is 0 Å². The number of hydrogen-bond acceptors (Lipinski definition) is 3. The van der Waals surface area contributed by atoms with E-state index in [1.165, 1.54) is 0 Å². The number of likely N-dealkylation sites (tertiary alicyclic amines) is 1. The summed E-state index contributed by atoms with van der Waals surface area (Å²) in [5.74, 6) is 0.664. The fourth-order valence-electron chi connectivity index (χ4n) is 2.79. The van der Waals surface area contributed by atoms with Crippen LogP contribution in [0.2, 0.25) is 0 Å². The van der Waals surface area contributed by atoms with E-state index < -0.39 is 0 Å². The van der Waals surface area contributed by atoms with Gasteiger partial charge in [-0.25, -0.2) is 0 Å². The van der Waals surface area contributed by atoms with Crippen molar-refractivity contribution in [2.24, 2.45) is 5.92 Å². The lowest BCUT2D eigenvalue weighted by Crippen LogP contribution is -2.40. The number of carbonyl (C=O) groups excluding carboxylic acids is 2. The molecule has 22 heavy (non-hydrogen) atoms. The van der Waals surface area contributed by atoms with Gasteiger partial charge in [0, 0.05) is 30.8 Å². The molecule has 0 bridgehead atoms. The van der Waals surface area contributed by atoms with E-state index in [-0.39, 0.29) is 11.8 Å². The molecule has 1 saturated heterocycles. The van der Waals surface area contributed by atoms with Crippen molar-refractivity contribution in [1.82, 2.24) is 10.2 Å². The van der Waals surface area contributed by atoms with E-state index in [9.17, 15) is 9.59 Å². The largest absolute Gasteiger partial charge is 0.339 e. The Morgan fingerprint density at radius 3 is 2.64 bits per heavy atom. The highest BCUT2D eigenvalue weighted by atomic mass is 16.2. The lowest BCUT2D eigenvalue weighted by atomic mass is 9.96. The van der Waals surface area contributed by atoms with Crippen LogP contribution < -0.4 is 10.6 Å². The second-order valence-corrected chi connectivity index (χ2v) is 5.78. The second kappa shape index (κ2) is 7.94. The van der Waals surface area contributed by atoms with Crippen LogP contribution in [0, 0.1) is 5.92 Å². The van der Waals surface area contributed by atoms with Gasteiger partial charge in [-0.05, 0) is 50.6 Å². The number of piperidine rings is 1. The molecule has 1 fully saturated rings. The van der Waals surface area contributed by atoms with Crippen molar-refractivity contribution in [3.05, 3.63) is 29.8 Å². The number of amides is 2. The predicted octanol–water partition coefficient (Wildman–Crippen LogP) is 2.11. The molecule has 5 heteroatoms. The topological polar surface area (TPSA) is 61.4 Å². The first-order valence-corrected chi connectivity index (χ1v) is 7.97. The molecule has 2 rings (SSSR count). The number of nitrogens with zero attached hydrogens (tertiary/aromatic N) is 1. The third-order valence-corrected chi connectivity index (χ3v) is 4.11. The Kier molecular flexibility index (Phi) is 5.95. The number of anilines is 1. The summed E-state index contributed by atoms with van der Waals surface area (Å²) in [7, 11) is 1.97. The fourth-order valence-corrected chi connectivity index (χ4v) is 2.79. The molecule has 1 aliphatic heterocycles. The highest BCUT2D eigenvalue weighted by molar-refractivity contribution is 5.97. The van der Waals surface area contributed by atoms with Gasteiger partial charge in [-0.1, -0.05) is 13.0 Å². The van der Waals surface area contributed by atoms with Gasteiger partial charge in [0.15, 0.2) is 0 Å². The van der Waals surface area contributed by atoms with Crippen LogP contribution in [0.1, 0.15) is 36.5 Å². The number of carbonyl (C=O) groups is 2. The summed E-state index contributed by atoms with van der Waals surface area (Å²) in [5, 5.41) is 6.00. The molecule has 5 nitrogen and oxygen atoms in total. The van der Waals surface area contributed by atoms with Crippen LogP contribution in [-0.2, 0) is 4.79 Å². The summed E-state index contributed by atoms with van der Waals surface area (Å²) in [5.41, 5.74) is 1.32. The zero-order chi connectivity index (χ0) is 15.9. The van der Waals surface area contributed by atoms with Gasteiger partial charge in [-0.15, -0.1) is 0 Å². The summed E-state index contributed by atoms with van der Waals surface area (Å²) in [6.45, 7) is 4.42. The maximum Gasteiger partial charge on any atom is 0.253 e. The Morgan fingerprint density at radius 2 is 2.00 bits per heavy atom. The van der Waals surface area contributed by atoms with E-state index in [0.29, 0.717) is 23.6 Å². The SMILES string of the molecule is CCC(=O)Nc1cccc(C(=O)N2CCC(CNC)CC2)c1. The van der Waals surface area contributed by atoms with E-state index in [1.807, 2.05) is 30.1 Å². The highest BCUT2D eigenvalue weighted by Crippen LogP contribution is 2.20. The summed E-state index contributed by atoms with van der Waals surface area (Å²) < 4.78 is 0. The molecule has 120 valence electrons. The minimum atomic E-state index is -0.0440. The molecule has 0 unspecified atom stereocenters. The minimum Gasteiger partial charge on any atom is -0.339 e. The first kappa shape index (κ1) is 16.5. The Bertz CT molecular complexity index is 522. The maximum atomic E-state index is 12.6. The van der Waals surface area contributed by atoms with Gasteiger partial charge in [0.2, 0.25) is 5.91 Å². The van der Waals surface area contributed by atoms with Gasteiger partial charge in [-0.2, -0.15) is 0 Å². The van der Waals surface area contributed by atoms with Crippen LogP contribution in [0.4, 0.5) is 5.69 Å². The van der Waals surface area contributed by atoms with Crippen molar-refractivity contribution >= 4 is 17.5 Å². The molecule has 0 radical (unpaired) electrons. The van der Waals surface area contributed by atoms with Crippen LogP contribution in [-0.4, -0.2) is 43.4 Å². The molecule has 0 aromatic heterocycles. The van der Waals surface area contributed by atoms with Crippen molar-refractivity contribution in [2.75, 3.05) is 32.0 Å². The first-order valence-electron chi connectivity index (χ1n) is 7.97. The standard InChI is InChI=1S/C17H25N3O2/c1-3-16(21)19-15-6-4-5-14(11-15)17(22)20-9-7-13(8-10-20)12-18-2/h4-6,11,13,18H,3,7-10,12H2,1-2H3,(H,19,21). The monoisotopic (exact) mass is 303 g/mol. The van der Waals surface area contributed by atoms with Crippen molar-refractivity contribution in [3.8, 4) is 0 Å². The summed E-state index contributed by atoms with van der Waals surface area (Å²) in [6.07, 6.45) is 2.51. The van der Waals surface area contributed by atoms with E-state index in [1.54, 1.807) is 13.0 Å². The van der Waals surface area contributed by atoms with Gasteiger partial charge in [-0.3, -0.25) is 9.59 Å². The molecule has 2 N–H and O–H groups in total. The molecule has 0 spiro atoms. The highest BCUT2D eigenvalue weighted by Gasteiger charge is 2.23. The van der Waals surface area contributed by atoms with E-state index in [0.717, 1.165) is 32.5 Å². The van der Waals surface area contributed by atoms with Gasteiger partial charge < -0.3 is 15.5 Å². The van der Waals surface area contributed by atoms with E-state index >= 15 is 0 Å². The van der Waals surface area contributed by atoms with Crippen LogP contribution in [0.3, 0.4) is 0 Å². The molecule has 1 heterocycles.